The van der Waals surface area contributed by atoms with Gasteiger partial charge < -0.3 is 16.2 Å². The van der Waals surface area contributed by atoms with Crippen molar-refractivity contribution in [3.05, 3.63) is 118 Å². The summed E-state index contributed by atoms with van der Waals surface area (Å²) in [6.07, 6.45) is 5.32. The average Bonchev–Trinajstić information content (AvgIpc) is 3.31. The molecule has 0 radical (unpaired) electrons. The SMILES string of the molecule is C=C/C=N\c1c(C(N)=O)c(N)nn1C.CCc1cc2cccc(C#Cc3ccnc(OC)c3)c2c(=O)n1-c1ccccc1. The Bertz CT molecular complexity index is 1940. The van der Waals surface area contributed by atoms with E-state index in [2.05, 4.69) is 46.5 Å². The third-order valence-corrected chi connectivity index (χ3v) is 6.38. The topological polar surface area (TPSA) is 143 Å². The lowest BCUT2D eigenvalue weighted by Gasteiger charge is -2.14. The summed E-state index contributed by atoms with van der Waals surface area (Å²) in [5.74, 6) is 6.56. The molecule has 1 amide bonds. The van der Waals surface area contributed by atoms with E-state index in [4.69, 9.17) is 16.2 Å². The monoisotopic (exact) mass is 573 g/mol. The molecule has 0 aliphatic rings. The van der Waals surface area contributed by atoms with Gasteiger partial charge in [-0.2, -0.15) is 5.10 Å². The van der Waals surface area contributed by atoms with Gasteiger partial charge in [-0.3, -0.25) is 14.2 Å². The van der Waals surface area contributed by atoms with Crippen LogP contribution in [-0.4, -0.2) is 38.6 Å². The summed E-state index contributed by atoms with van der Waals surface area (Å²) in [6.45, 7) is 5.52. The van der Waals surface area contributed by atoms with Crippen molar-refractivity contribution in [3.8, 4) is 23.4 Å². The third kappa shape index (κ3) is 6.69. The van der Waals surface area contributed by atoms with E-state index in [9.17, 15) is 9.59 Å². The Morgan fingerprint density at radius 1 is 1.12 bits per heavy atom. The standard InChI is InChI=1S/C25H20N2O2.C8H11N5O/c1-3-21-17-20-9-7-8-19(13-12-18-14-15-26-23(16-18)29-2)24(20)25(28)27(21)22-10-5-4-6-11-22;1-3-4-11-8-5(7(10)14)6(9)12-13(8)2/h4-11,14-17H,3H2,1-2H3;3-4H,1H2,2H3,(H2,9,12)(H2,10,14)/b;11-4-. The van der Waals surface area contributed by atoms with Gasteiger partial charge in [-0.15, -0.1) is 0 Å². The lowest BCUT2D eigenvalue weighted by molar-refractivity contribution is 0.100. The highest BCUT2D eigenvalue weighted by Crippen LogP contribution is 2.23. The molecule has 10 nitrogen and oxygen atoms in total. The van der Waals surface area contributed by atoms with E-state index in [1.54, 1.807) is 31.0 Å². The quantitative estimate of drug-likeness (QED) is 0.228. The van der Waals surface area contributed by atoms with Gasteiger partial charge in [-0.1, -0.05) is 61.8 Å². The second kappa shape index (κ2) is 13.6. The van der Waals surface area contributed by atoms with E-state index < -0.39 is 5.91 Å². The van der Waals surface area contributed by atoms with Crippen LogP contribution in [0, 0.1) is 11.8 Å². The van der Waals surface area contributed by atoms with Crippen LogP contribution in [0.1, 0.15) is 34.1 Å². The molecule has 5 aromatic rings. The zero-order valence-corrected chi connectivity index (χ0v) is 24.1. The first kappa shape index (κ1) is 30.0. The summed E-state index contributed by atoms with van der Waals surface area (Å²) < 4.78 is 8.32. The van der Waals surface area contributed by atoms with E-state index in [0.717, 1.165) is 28.8 Å². The van der Waals surface area contributed by atoms with Gasteiger partial charge in [0.2, 0.25) is 5.88 Å². The second-order valence-corrected chi connectivity index (χ2v) is 9.16. The van der Waals surface area contributed by atoms with Crippen molar-refractivity contribution in [1.82, 2.24) is 19.3 Å². The van der Waals surface area contributed by atoms with Crippen LogP contribution in [-0.2, 0) is 13.5 Å². The van der Waals surface area contributed by atoms with Gasteiger partial charge in [0, 0.05) is 48.0 Å². The molecule has 216 valence electrons. The molecular formula is C33H31N7O3. The Balaban J connectivity index is 0.000000255. The fraction of sp³-hybridized carbons (Fsp3) is 0.121. The largest absolute Gasteiger partial charge is 0.481 e. The fourth-order valence-electron chi connectivity index (χ4n) is 4.42. The highest BCUT2D eigenvalue weighted by atomic mass is 16.5. The Morgan fingerprint density at radius 2 is 1.88 bits per heavy atom. The van der Waals surface area contributed by atoms with Gasteiger partial charge in [0.1, 0.15) is 5.56 Å². The number of nitrogen functional groups attached to an aromatic ring is 1. The number of pyridine rings is 2. The number of rotatable bonds is 6. The number of nitrogens with two attached hydrogens (primary N) is 2. The number of fused-ring (bicyclic) bond motifs is 1. The fourth-order valence-corrected chi connectivity index (χ4v) is 4.42. The zero-order valence-electron chi connectivity index (χ0n) is 24.1. The number of para-hydroxylation sites is 1. The minimum absolute atomic E-state index is 0.0530. The molecule has 0 fully saturated rings. The number of allylic oxidation sites excluding steroid dienone is 1. The first-order chi connectivity index (χ1) is 20.8. The predicted octanol–water partition coefficient (Wildman–Crippen LogP) is 4.35. The number of benzene rings is 2. The Hall–Kier alpha value is -5.95. The number of primary amides is 1. The van der Waals surface area contributed by atoms with Crippen molar-refractivity contribution in [3.63, 3.8) is 0 Å². The first-order valence-corrected chi connectivity index (χ1v) is 13.3. The van der Waals surface area contributed by atoms with Crippen LogP contribution in [0.15, 0.2) is 95.4 Å². The molecule has 0 spiro atoms. The highest BCUT2D eigenvalue weighted by Gasteiger charge is 2.17. The number of hydrogen-bond acceptors (Lipinski definition) is 7. The van der Waals surface area contributed by atoms with Crippen molar-refractivity contribution in [2.75, 3.05) is 12.8 Å². The number of amides is 1. The van der Waals surface area contributed by atoms with E-state index in [1.807, 2.05) is 54.6 Å². The molecule has 4 N–H and O–H groups in total. The maximum absolute atomic E-state index is 13.5. The second-order valence-electron chi connectivity index (χ2n) is 9.16. The van der Waals surface area contributed by atoms with Crippen molar-refractivity contribution in [1.29, 1.82) is 0 Å². The molecule has 3 heterocycles. The van der Waals surface area contributed by atoms with Gasteiger partial charge in [0.25, 0.3) is 11.5 Å². The number of methoxy groups -OCH3 is 1. The summed E-state index contributed by atoms with van der Waals surface area (Å²) in [6, 6.07) is 21.2. The molecule has 0 saturated heterocycles. The number of ether oxygens (including phenoxy) is 1. The molecule has 0 saturated carbocycles. The third-order valence-electron chi connectivity index (χ3n) is 6.38. The number of anilines is 1. The van der Waals surface area contributed by atoms with Crippen LogP contribution in [0.25, 0.3) is 16.5 Å². The lowest BCUT2D eigenvalue weighted by atomic mass is 10.0. The van der Waals surface area contributed by atoms with Crippen LogP contribution in [0.2, 0.25) is 0 Å². The Morgan fingerprint density at radius 3 is 2.56 bits per heavy atom. The molecular weight excluding hydrogens is 542 g/mol. The maximum atomic E-state index is 13.5. The summed E-state index contributed by atoms with van der Waals surface area (Å²) in [4.78, 5) is 32.6. The average molecular weight is 574 g/mol. The van der Waals surface area contributed by atoms with Gasteiger partial charge in [-0.25, -0.2) is 14.7 Å². The summed E-state index contributed by atoms with van der Waals surface area (Å²) in [5.41, 5.74) is 14.0. The van der Waals surface area contributed by atoms with E-state index in [0.29, 0.717) is 22.6 Å². The van der Waals surface area contributed by atoms with Crippen LogP contribution >= 0.6 is 0 Å². The van der Waals surface area contributed by atoms with Crippen molar-refractivity contribution in [2.24, 2.45) is 17.8 Å². The number of hydrogen-bond donors (Lipinski definition) is 2. The first-order valence-electron chi connectivity index (χ1n) is 13.3. The number of carbonyl (C=O) groups excluding carboxylic acids is 1. The van der Waals surface area contributed by atoms with Crippen molar-refractivity contribution >= 4 is 34.5 Å². The van der Waals surface area contributed by atoms with Crippen LogP contribution in [0.5, 0.6) is 5.88 Å². The molecule has 10 heteroatoms. The predicted molar refractivity (Wildman–Crippen MR) is 170 cm³/mol. The molecule has 2 aromatic carbocycles. The number of aliphatic imine (C=N–C) groups is 1. The molecule has 3 aromatic heterocycles. The van der Waals surface area contributed by atoms with Gasteiger partial charge >= 0.3 is 0 Å². The molecule has 0 aliphatic carbocycles. The molecule has 43 heavy (non-hydrogen) atoms. The normalized spacial score (nSPS) is 10.5. The highest BCUT2D eigenvalue weighted by molar-refractivity contribution is 6.02. The molecule has 0 unspecified atom stereocenters. The lowest BCUT2D eigenvalue weighted by Crippen LogP contribution is -2.22. The van der Waals surface area contributed by atoms with Gasteiger partial charge in [0.05, 0.1) is 12.5 Å². The number of carbonyl (C=O) groups is 1. The van der Waals surface area contributed by atoms with Gasteiger partial charge in [0.15, 0.2) is 11.6 Å². The van der Waals surface area contributed by atoms with Crippen LogP contribution in [0.3, 0.4) is 0 Å². The summed E-state index contributed by atoms with van der Waals surface area (Å²) >= 11 is 0. The Kier molecular flexibility index (Phi) is 9.50. The van der Waals surface area contributed by atoms with Crippen molar-refractivity contribution in [2.45, 2.75) is 13.3 Å². The van der Waals surface area contributed by atoms with E-state index in [-0.39, 0.29) is 16.9 Å². The van der Waals surface area contributed by atoms with E-state index >= 15 is 0 Å². The summed E-state index contributed by atoms with van der Waals surface area (Å²) in [5, 5.41) is 5.36. The van der Waals surface area contributed by atoms with Crippen LogP contribution < -0.4 is 21.8 Å². The van der Waals surface area contributed by atoms with Gasteiger partial charge in [-0.05, 0) is 42.1 Å². The smallest absolute Gasteiger partial charge is 0.264 e. The number of aryl methyl sites for hydroxylation is 2. The Labute approximate surface area is 249 Å². The van der Waals surface area contributed by atoms with E-state index in [1.165, 1.54) is 17.0 Å². The summed E-state index contributed by atoms with van der Waals surface area (Å²) in [7, 11) is 3.19. The molecule has 0 atom stereocenters. The minimum atomic E-state index is -0.646. The number of aromatic nitrogens is 4. The number of nitrogens with zero attached hydrogens (tertiary/aromatic N) is 5. The minimum Gasteiger partial charge on any atom is -0.481 e. The zero-order chi connectivity index (χ0) is 30.9. The van der Waals surface area contributed by atoms with Crippen LogP contribution in [0.4, 0.5) is 11.6 Å². The maximum Gasteiger partial charge on any atom is 0.264 e. The molecule has 0 bridgehead atoms. The van der Waals surface area contributed by atoms with Crippen molar-refractivity contribution < 1.29 is 9.53 Å². The molecule has 0 aliphatic heterocycles. The molecule has 5 rings (SSSR count).